The van der Waals surface area contributed by atoms with Crippen LogP contribution in [0.1, 0.15) is 11.4 Å². The zero-order valence-corrected chi connectivity index (χ0v) is 12.3. The number of hydrogen-bond acceptors (Lipinski definition) is 6. The lowest BCUT2D eigenvalue weighted by atomic mass is 10.3. The molecule has 0 amide bonds. The molecule has 0 aliphatic heterocycles. The molecule has 1 aromatic heterocycles. The van der Waals surface area contributed by atoms with Gasteiger partial charge in [0, 0.05) is 0 Å². The van der Waals surface area contributed by atoms with Crippen LogP contribution >= 0.6 is 11.6 Å². The second-order valence-electron chi connectivity index (χ2n) is 4.07. The predicted molar refractivity (Wildman–Crippen MR) is 76.0 cm³/mol. The molecule has 0 spiro atoms. The van der Waals surface area contributed by atoms with Gasteiger partial charge >= 0.3 is 0 Å². The molecule has 2 rings (SSSR count). The number of rotatable bonds is 3. The quantitative estimate of drug-likeness (QED) is 0.831. The van der Waals surface area contributed by atoms with Crippen molar-refractivity contribution in [2.24, 2.45) is 0 Å². The van der Waals surface area contributed by atoms with Crippen molar-refractivity contribution in [2.75, 3.05) is 10.5 Å². The summed E-state index contributed by atoms with van der Waals surface area (Å²) in [5.74, 6) is -0.132. The van der Waals surface area contributed by atoms with Gasteiger partial charge in [-0.3, -0.25) is 0 Å². The average Bonchev–Trinajstić information content (AvgIpc) is 2.33. The minimum atomic E-state index is -3.98. The first-order valence-corrected chi connectivity index (χ1v) is 7.42. The Hall–Kier alpha value is -1.93. The van der Waals surface area contributed by atoms with Gasteiger partial charge in [-0.05, 0) is 26.0 Å². The van der Waals surface area contributed by atoms with E-state index in [0.29, 0.717) is 11.4 Å². The number of aryl methyl sites for hydroxylation is 2. The molecule has 0 fully saturated rings. The molecule has 20 heavy (non-hydrogen) atoms. The third kappa shape index (κ3) is 2.81. The Balaban J connectivity index is 2.43. The summed E-state index contributed by atoms with van der Waals surface area (Å²) < 4.78 is 26.7. The van der Waals surface area contributed by atoms with Gasteiger partial charge in [0.2, 0.25) is 0 Å². The lowest BCUT2D eigenvalue weighted by Gasteiger charge is -2.10. The predicted octanol–water partition coefficient (Wildman–Crippen LogP) is 1.52. The highest BCUT2D eigenvalue weighted by atomic mass is 35.5. The first-order chi connectivity index (χ1) is 9.31. The molecule has 0 atom stereocenters. The van der Waals surface area contributed by atoms with E-state index in [4.69, 9.17) is 17.3 Å². The van der Waals surface area contributed by atoms with E-state index in [2.05, 4.69) is 19.9 Å². The minimum Gasteiger partial charge on any atom is -0.398 e. The third-order valence-electron chi connectivity index (χ3n) is 2.58. The van der Waals surface area contributed by atoms with Crippen LogP contribution in [0.5, 0.6) is 0 Å². The molecule has 1 aromatic carbocycles. The molecule has 0 unspecified atom stereocenters. The van der Waals surface area contributed by atoms with Crippen LogP contribution in [0.25, 0.3) is 0 Å². The monoisotopic (exact) mass is 313 g/mol. The number of sulfonamides is 1. The second-order valence-corrected chi connectivity index (χ2v) is 6.10. The first kappa shape index (κ1) is 14.5. The summed E-state index contributed by atoms with van der Waals surface area (Å²) in [4.78, 5) is 3.79. The van der Waals surface area contributed by atoms with Crippen LogP contribution in [0.3, 0.4) is 0 Å². The smallest absolute Gasteiger partial charge is 0.267 e. The molecule has 9 heteroatoms. The minimum absolute atomic E-state index is 0.0225. The van der Waals surface area contributed by atoms with Gasteiger partial charge in [0.25, 0.3) is 16.0 Å². The second kappa shape index (κ2) is 5.22. The first-order valence-electron chi connectivity index (χ1n) is 5.56. The third-order valence-corrected chi connectivity index (χ3v) is 4.46. The van der Waals surface area contributed by atoms with Crippen molar-refractivity contribution in [3.8, 4) is 0 Å². The van der Waals surface area contributed by atoms with Crippen molar-refractivity contribution < 1.29 is 8.42 Å². The van der Waals surface area contributed by atoms with Gasteiger partial charge in [-0.15, -0.1) is 5.10 Å². The van der Waals surface area contributed by atoms with Crippen molar-refractivity contribution in [1.29, 1.82) is 0 Å². The number of nitrogen functional groups attached to an aromatic ring is 1. The molecular formula is C11H12ClN5O2S. The van der Waals surface area contributed by atoms with E-state index in [1.54, 1.807) is 19.9 Å². The molecule has 0 saturated heterocycles. The van der Waals surface area contributed by atoms with Crippen LogP contribution in [0.15, 0.2) is 23.1 Å². The topological polar surface area (TPSA) is 111 Å². The van der Waals surface area contributed by atoms with Crippen molar-refractivity contribution in [3.63, 3.8) is 0 Å². The Kier molecular flexibility index (Phi) is 3.78. The van der Waals surface area contributed by atoms with Gasteiger partial charge in [0.05, 0.1) is 22.1 Å². The Labute approximate surface area is 121 Å². The molecule has 1 heterocycles. The molecule has 3 N–H and O–H groups in total. The maximum atomic E-state index is 12.3. The molecule has 106 valence electrons. The van der Waals surface area contributed by atoms with Gasteiger partial charge in [-0.2, -0.15) is 5.10 Å². The fourth-order valence-corrected chi connectivity index (χ4v) is 3.10. The van der Waals surface area contributed by atoms with Crippen LogP contribution in [0.4, 0.5) is 11.6 Å². The Bertz CT molecular complexity index is 743. The normalized spacial score (nSPS) is 11.3. The van der Waals surface area contributed by atoms with E-state index in [1.807, 2.05) is 0 Å². The van der Waals surface area contributed by atoms with E-state index < -0.39 is 10.0 Å². The van der Waals surface area contributed by atoms with Gasteiger partial charge in [-0.1, -0.05) is 17.7 Å². The number of nitrogens with zero attached hydrogens (tertiary/aromatic N) is 3. The summed E-state index contributed by atoms with van der Waals surface area (Å²) in [5.41, 5.74) is 6.89. The van der Waals surface area contributed by atoms with Gasteiger partial charge in [-0.25, -0.2) is 18.1 Å². The van der Waals surface area contributed by atoms with Gasteiger partial charge < -0.3 is 5.73 Å². The number of nitrogens with one attached hydrogen (secondary N) is 1. The summed E-state index contributed by atoms with van der Waals surface area (Å²) in [5, 5.41) is 7.49. The molecule has 7 nitrogen and oxygen atoms in total. The van der Waals surface area contributed by atoms with E-state index in [9.17, 15) is 8.42 Å². The number of anilines is 2. The molecule has 0 aliphatic rings. The SMILES string of the molecule is Cc1nnc(NS(=O)(=O)c2c(N)cccc2Cl)nc1C. The standard InChI is InChI=1S/C11H12ClN5O2S/c1-6-7(2)15-16-11(14-6)17-20(18,19)10-8(12)4-3-5-9(10)13/h3-5H,13H2,1-2H3,(H,14,16,17). The maximum absolute atomic E-state index is 12.3. The zero-order chi connectivity index (χ0) is 14.9. The number of hydrogen-bond donors (Lipinski definition) is 2. The van der Waals surface area contributed by atoms with Crippen LogP contribution in [-0.4, -0.2) is 23.6 Å². The summed E-state index contributed by atoms with van der Waals surface area (Å²) in [6.07, 6.45) is 0. The summed E-state index contributed by atoms with van der Waals surface area (Å²) in [6.45, 7) is 3.42. The van der Waals surface area contributed by atoms with Crippen molar-refractivity contribution in [3.05, 3.63) is 34.6 Å². The number of nitrogens with two attached hydrogens (primary N) is 1. The Morgan fingerprint density at radius 2 is 1.90 bits per heavy atom. The van der Waals surface area contributed by atoms with E-state index >= 15 is 0 Å². The summed E-state index contributed by atoms with van der Waals surface area (Å²) in [7, 11) is -3.98. The van der Waals surface area contributed by atoms with E-state index in [1.165, 1.54) is 12.1 Å². The number of aromatic nitrogens is 3. The fourth-order valence-electron chi connectivity index (χ4n) is 1.48. The number of benzene rings is 1. The zero-order valence-electron chi connectivity index (χ0n) is 10.8. The molecule has 0 saturated carbocycles. The molecule has 0 aliphatic carbocycles. The van der Waals surface area contributed by atoms with Crippen LogP contribution in [-0.2, 0) is 10.0 Å². The molecule has 0 radical (unpaired) electrons. The van der Waals surface area contributed by atoms with Gasteiger partial charge in [0.1, 0.15) is 4.90 Å². The van der Waals surface area contributed by atoms with Crippen LogP contribution < -0.4 is 10.5 Å². The van der Waals surface area contributed by atoms with E-state index in [0.717, 1.165) is 0 Å². The lowest BCUT2D eigenvalue weighted by Crippen LogP contribution is -2.18. The Morgan fingerprint density at radius 3 is 2.50 bits per heavy atom. The average molecular weight is 314 g/mol. The van der Waals surface area contributed by atoms with Crippen LogP contribution in [0.2, 0.25) is 5.02 Å². The fraction of sp³-hybridized carbons (Fsp3) is 0.182. The summed E-state index contributed by atoms with van der Waals surface area (Å²) >= 11 is 5.88. The molecular weight excluding hydrogens is 302 g/mol. The number of halogens is 1. The summed E-state index contributed by atoms with van der Waals surface area (Å²) in [6, 6.07) is 4.44. The van der Waals surface area contributed by atoms with Crippen LogP contribution in [0, 0.1) is 13.8 Å². The largest absolute Gasteiger partial charge is 0.398 e. The highest BCUT2D eigenvalue weighted by Crippen LogP contribution is 2.28. The lowest BCUT2D eigenvalue weighted by molar-refractivity contribution is 0.601. The molecule has 2 aromatic rings. The van der Waals surface area contributed by atoms with Crippen molar-refractivity contribution in [2.45, 2.75) is 18.7 Å². The van der Waals surface area contributed by atoms with Gasteiger partial charge in [0.15, 0.2) is 0 Å². The molecule has 0 bridgehead atoms. The van der Waals surface area contributed by atoms with E-state index in [-0.39, 0.29) is 21.6 Å². The van der Waals surface area contributed by atoms with Crippen molar-refractivity contribution in [1.82, 2.24) is 15.2 Å². The highest BCUT2D eigenvalue weighted by Gasteiger charge is 2.22. The van der Waals surface area contributed by atoms with Crippen molar-refractivity contribution >= 4 is 33.3 Å². The maximum Gasteiger partial charge on any atom is 0.267 e. The highest BCUT2D eigenvalue weighted by molar-refractivity contribution is 7.93. The Morgan fingerprint density at radius 1 is 1.20 bits per heavy atom.